The zero-order valence-corrected chi connectivity index (χ0v) is 15.5. The van der Waals surface area contributed by atoms with E-state index in [1.165, 1.54) is 7.11 Å². The zero-order valence-electron chi connectivity index (χ0n) is 14.7. The minimum Gasteiger partial charge on any atom is -0.394 e. The van der Waals surface area contributed by atoms with Gasteiger partial charge in [0.1, 0.15) is 12.7 Å². The largest absolute Gasteiger partial charge is 0.394 e. The monoisotopic (exact) mass is 384 g/mol. The molecule has 1 saturated heterocycles. The van der Waals surface area contributed by atoms with Crippen LogP contribution in [0.2, 0.25) is 5.02 Å². The van der Waals surface area contributed by atoms with Crippen molar-refractivity contribution in [2.24, 2.45) is 0 Å². The Hall–Kier alpha value is -1.67. The van der Waals surface area contributed by atoms with Crippen LogP contribution in [0, 0.1) is 0 Å². The first-order valence-corrected chi connectivity index (χ1v) is 8.95. The van der Waals surface area contributed by atoms with Crippen LogP contribution in [0.1, 0.15) is 24.8 Å². The van der Waals surface area contributed by atoms with Crippen molar-refractivity contribution in [3.63, 3.8) is 0 Å². The number of methoxy groups -OCH3 is 1. The molecule has 1 aliphatic heterocycles. The van der Waals surface area contributed by atoms with Crippen LogP contribution in [0.4, 0.5) is 0 Å². The molecule has 2 rings (SSSR count). The molecule has 26 heavy (non-hydrogen) atoms. The van der Waals surface area contributed by atoms with Gasteiger partial charge in [-0.25, -0.2) is 0 Å². The number of halogens is 1. The molecule has 1 aliphatic rings. The van der Waals surface area contributed by atoms with Gasteiger partial charge in [0.25, 0.3) is 0 Å². The number of rotatable bonds is 8. The summed E-state index contributed by atoms with van der Waals surface area (Å²) in [5.74, 6) is -0.373. The van der Waals surface area contributed by atoms with Crippen LogP contribution >= 0.6 is 11.6 Å². The van der Waals surface area contributed by atoms with E-state index in [4.69, 9.17) is 21.1 Å². The first-order valence-electron chi connectivity index (χ1n) is 8.57. The SMILES string of the molecule is COCC(=O)N[C@H]1CC[C@@H](CC(=O)NCc2ccc(Cl)cc2)O[C@H]1CO. The molecule has 3 N–H and O–H groups in total. The number of carbonyl (C=O) groups excluding carboxylic acids is 2. The Bertz CT molecular complexity index is 596. The van der Waals surface area contributed by atoms with Crippen LogP contribution in [-0.4, -0.2) is 55.5 Å². The molecule has 2 amide bonds. The van der Waals surface area contributed by atoms with Crippen molar-refractivity contribution < 1.29 is 24.2 Å². The van der Waals surface area contributed by atoms with Crippen LogP contribution in [0.5, 0.6) is 0 Å². The third kappa shape index (κ3) is 6.57. The van der Waals surface area contributed by atoms with Gasteiger partial charge in [-0.1, -0.05) is 23.7 Å². The Balaban J connectivity index is 1.76. The molecule has 0 bridgehead atoms. The van der Waals surface area contributed by atoms with Gasteiger partial charge in [0.05, 0.1) is 25.2 Å². The van der Waals surface area contributed by atoms with Crippen molar-refractivity contribution in [2.45, 2.75) is 44.1 Å². The second kappa shape index (κ2) is 10.5. The average molecular weight is 385 g/mol. The first kappa shape index (κ1) is 20.6. The lowest BCUT2D eigenvalue weighted by Gasteiger charge is -2.35. The van der Waals surface area contributed by atoms with Gasteiger partial charge < -0.3 is 25.2 Å². The van der Waals surface area contributed by atoms with Crippen molar-refractivity contribution in [1.29, 1.82) is 0 Å². The van der Waals surface area contributed by atoms with Gasteiger partial charge in [-0.05, 0) is 30.5 Å². The molecule has 8 heteroatoms. The van der Waals surface area contributed by atoms with Gasteiger partial charge in [0.2, 0.25) is 11.8 Å². The molecule has 144 valence electrons. The second-order valence-electron chi connectivity index (χ2n) is 6.27. The number of hydrogen-bond donors (Lipinski definition) is 3. The van der Waals surface area contributed by atoms with E-state index < -0.39 is 6.10 Å². The third-order valence-electron chi connectivity index (χ3n) is 4.23. The Kier molecular flexibility index (Phi) is 8.31. The van der Waals surface area contributed by atoms with Crippen LogP contribution in [0.25, 0.3) is 0 Å². The van der Waals surface area contributed by atoms with Crippen LogP contribution < -0.4 is 10.6 Å². The Morgan fingerprint density at radius 3 is 2.65 bits per heavy atom. The number of ether oxygens (including phenoxy) is 2. The predicted octanol–water partition coefficient (Wildman–Crippen LogP) is 1.02. The lowest BCUT2D eigenvalue weighted by atomic mass is 9.97. The van der Waals surface area contributed by atoms with Gasteiger partial charge in [-0.2, -0.15) is 0 Å². The number of nitrogens with one attached hydrogen (secondary N) is 2. The molecule has 0 saturated carbocycles. The molecular formula is C18H25ClN2O5. The van der Waals surface area contributed by atoms with Gasteiger partial charge in [0, 0.05) is 18.7 Å². The van der Waals surface area contributed by atoms with Crippen LogP contribution in [0.3, 0.4) is 0 Å². The van der Waals surface area contributed by atoms with E-state index >= 15 is 0 Å². The third-order valence-corrected chi connectivity index (χ3v) is 4.49. The van der Waals surface area contributed by atoms with Crippen molar-refractivity contribution in [3.8, 4) is 0 Å². The van der Waals surface area contributed by atoms with E-state index in [0.717, 1.165) is 5.56 Å². The van der Waals surface area contributed by atoms with E-state index in [0.29, 0.717) is 24.4 Å². The van der Waals surface area contributed by atoms with E-state index in [-0.39, 0.29) is 43.6 Å². The van der Waals surface area contributed by atoms with Gasteiger partial charge >= 0.3 is 0 Å². The molecule has 3 atom stereocenters. The molecular weight excluding hydrogens is 360 g/mol. The molecule has 7 nitrogen and oxygen atoms in total. The van der Waals surface area contributed by atoms with Crippen LogP contribution in [-0.2, 0) is 25.6 Å². The van der Waals surface area contributed by atoms with Gasteiger partial charge in [-0.15, -0.1) is 0 Å². The lowest BCUT2D eigenvalue weighted by molar-refractivity contribution is -0.137. The maximum absolute atomic E-state index is 12.1. The summed E-state index contributed by atoms with van der Waals surface area (Å²) in [6, 6.07) is 6.98. The standard InChI is InChI=1S/C18H25ClN2O5/c1-25-11-18(24)21-15-7-6-14(26-16(15)10-22)8-17(23)20-9-12-2-4-13(19)5-3-12/h2-5,14-16,22H,6-11H2,1H3,(H,20,23)(H,21,24)/t14-,15-,16-/m0/s1. The number of amides is 2. The number of benzene rings is 1. The summed E-state index contributed by atoms with van der Waals surface area (Å²) < 4.78 is 10.6. The normalized spacial score (nSPS) is 22.7. The Morgan fingerprint density at radius 1 is 1.27 bits per heavy atom. The Labute approximate surface area is 158 Å². The van der Waals surface area contributed by atoms with E-state index in [1.807, 2.05) is 12.1 Å². The van der Waals surface area contributed by atoms with Crippen molar-refractivity contribution >= 4 is 23.4 Å². The average Bonchev–Trinajstić information content (AvgIpc) is 2.62. The molecule has 1 aromatic carbocycles. The summed E-state index contributed by atoms with van der Waals surface area (Å²) in [6.45, 7) is 0.161. The molecule has 0 radical (unpaired) electrons. The number of aliphatic hydroxyl groups excluding tert-OH is 1. The molecule has 0 aromatic heterocycles. The summed E-state index contributed by atoms with van der Waals surface area (Å²) in [7, 11) is 1.44. The molecule has 1 heterocycles. The highest BCUT2D eigenvalue weighted by Crippen LogP contribution is 2.22. The maximum atomic E-state index is 12.1. The highest BCUT2D eigenvalue weighted by molar-refractivity contribution is 6.30. The molecule has 1 fully saturated rings. The number of aliphatic hydroxyl groups is 1. The second-order valence-corrected chi connectivity index (χ2v) is 6.71. The van der Waals surface area contributed by atoms with Crippen molar-refractivity contribution in [2.75, 3.05) is 20.3 Å². The molecule has 1 aromatic rings. The van der Waals surface area contributed by atoms with Crippen LogP contribution in [0.15, 0.2) is 24.3 Å². The fourth-order valence-electron chi connectivity index (χ4n) is 2.91. The fourth-order valence-corrected chi connectivity index (χ4v) is 3.03. The minimum atomic E-state index is -0.529. The summed E-state index contributed by atoms with van der Waals surface area (Å²) >= 11 is 5.83. The Morgan fingerprint density at radius 2 is 2.00 bits per heavy atom. The minimum absolute atomic E-state index is 0.0365. The van der Waals surface area contributed by atoms with E-state index in [2.05, 4.69) is 10.6 Å². The summed E-state index contributed by atoms with van der Waals surface area (Å²) in [5.41, 5.74) is 0.960. The summed E-state index contributed by atoms with van der Waals surface area (Å²) in [4.78, 5) is 23.8. The molecule has 0 unspecified atom stereocenters. The van der Waals surface area contributed by atoms with E-state index in [1.54, 1.807) is 12.1 Å². The molecule has 0 aliphatic carbocycles. The maximum Gasteiger partial charge on any atom is 0.246 e. The highest BCUT2D eigenvalue weighted by atomic mass is 35.5. The zero-order chi connectivity index (χ0) is 18.9. The summed E-state index contributed by atoms with van der Waals surface area (Å²) in [6.07, 6.45) is 0.660. The van der Waals surface area contributed by atoms with Crippen molar-refractivity contribution in [3.05, 3.63) is 34.9 Å². The van der Waals surface area contributed by atoms with Gasteiger partial charge in [-0.3, -0.25) is 9.59 Å². The lowest BCUT2D eigenvalue weighted by Crippen LogP contribution is -2.52. The van der Waals surface area contributed by atoms with E-state index in [9.17, 15) is 14.7 Å². The number of hydrogen-bond acceptors (Lipinski definition) is 5. The fraction of sp³-hybridized carbons (Fsp3) is 0.556. The topological polar surface area (TPSA) is 96.9 Å². The van der Waals surface area contributed by atoms with Crippen molar-refractivity contribution in [1.82, 2.24) is 10.6 Å². The van der Waals surface area contributed by atoms with Gasteiger partial charge in [0.15, 0.2) is 0 Å². The molecule has 0 spiro atoms. The number of carbonyl (C=O) groups is 2. The highest BCUT2D eigenvalue weighted by Gasteiger charge is 2.32. The summed E-state index contributed by atoms with van der Waals surface area (Å²) in [5, 5.41) is 15.8. The first-order chi connectivity index (χ1) is 12.5. The quantitative estimate of drug-likeness (QED) is 0.621. The predicted molar refractivity (Wildman–Crippen MR) is 96.7 cm³/mol. The smallest absolute Gasteiger partial charge is 0.246 e.